The van der Waals surface area contributed by atoms with E-state index >= 15 is 0 Å². The number of para-hydroxylation sites is 2. The summed E-state index contributed by atoms with van der Waals surface area (Å²) in [4.78, 5) is 0. The number of hydrogen-bond acceptors (Lipinski definition) is 3. The zero-order chi connectivity index (χ0) is 14.9. The van der Waals surface area contributed by atoms with E-state index in [-0.39, 0.29) is 0 Å². The van der Waals surface area contributed by atoms with Crippen LogP contribution in [0.2, 0.25) is 0 Å². The minimum atomic E-state index is 0.758. The predicted molar refractivity (Wildman–Crippen MR) is 85.9 cm³/mol. The number of hydrogen-bond donors (Lipinski definition) is 0. The first-order valence-electron chi connectivity index (χ1n) is 7.07. The van der Waals surface area contributed by atoms with Crippen LogP contribution in [0, 0.1) is 0 Å². The van der Waals surface area contributed by atoms with E-state index in [9.17, 15) is 0 Å². The average molecular weight is 290 g/mol. The molecule has 0 aliphatic rings. The first kappa shape index (κ1) is 12.8. The second-order valence-electron chi connectivity index (χ2n) is 4.98. The van der Waals surface area contributed by atoms with Gasteiger partial charge in [0.25, 0.3) is 0 Å². The molecule has 0 bridgehead atoms. The number of benzene rings is 2. The van der Waals surface area contributed by atoms with Gasteiger partial charge in [0.2, 0.25) is 0 Å². The van der Waals surface area contributed by atoms with Gasteiger partial charge in [-0.2, -0.15) is 0 Å². The topological polar surface area (TPSA) is 35.5 Å². The molecule has 4 rings (SSSR count). The molecular weight excluding hydrogens is 276 g/mol. The molecule has 0 saturated heterocycles. The lowest BCUT2D eigenvalue weighted by atomic mass is 10.0. The Balaban J connectivity index is 2.08. The molecule has 2 aromatic carbocycles. The molecule has 2 aromatic heterocycles. The highest BCUT2D eigenvalue weighted by Crippen LogP contribution is 2.43. The first-order chi connectivity index (χ1) is 10.9. The normalized spacial score (nSPS) is 11.0. The van der Waals surface area contributed by atoms with Gasteiger partial charge in [0, 0.05) is 5.39 Å². The summed E-state index contributed by atoms with van der Waals surface area (Å²) >= 11 is 0. The highest BCUT2D eigenvalue weighted by atomic mass is 16.5. The third kappa shape index (κ3) is 1.91. The third-order valence-corrected chi connectivity index (χ3v) is 3.71. The highest BCUT2D eigenvalue weighted by molar-refractivity contribution is 6.01. The molecule has 0 N–H and O–H groups in total. The lowest BCUT2D eigenvalue weighted by Gasteiger charge is -2.07. The molecule has 108 valence electrons. The zero-order valence-corrected chi connectivity index (χ0v) is 12.1. The van der Waals surface area contributed by atoms with Crippen molar-refractivity contribution in [3.63, 3.8) is 0 Å². The van der Waals surface area contributed by atoms with Crippen molar-refractivity contribution in [2.75, 3.05) is 7.11 Å². The van der Waals surface area contributed by atoms with E-state index < -0.39 is 0 Å². The lowest BCUT2D eigenvalue weighted by Crippen LogP contribution is -1.87. The molecule has 3 nitrogen and oxygen atoms in total. The quantitative estimate of drug-likeness (QED) is 0.509. The van der Waals surface area contributed by atoms with Crippen LogP contribution in [-0.2, 0) is 0 Å². The van der Waals surface area contributed by atoms with E-state index in [4.69, 9.17) is 13.6 Å². The van der Waals surface area contributed by atoms with Crippen LogP contribution in [0.1, 0.15) is 0 Å². The van der Waals surface area contributed by atoms with Gasteiger partial charge in [-0.1, -0.05) is 30.3 Å². The average Bonchev–Trinajstić information content (AvgIpc) is 3.21. The van der Waals surface area contributed by atoms with Gasteiger partial charge >= 0.3 is 0 Å². The Hall–Kier alpha value is -2.94. The highest BCUT2D eigenvalue weighted by Gasteiger charge is 2.21. The van der Waals surface area contributed by atoms with E-state index in [1.807, 2.05) is 60.7 Å². The monoisotopic (exact) mass is 290 g/mol. The van der Waals surface area contributed by atoms with Crippen LogP contribution in [0.5, 0.6) is 5.75 Å². The second-order valence-corrected chi connectivity index (χ2v) is 4.98. The number of rotatable bonds is 3. The molecule has 0 spiro atoms. The summed E-state index contributed by atoms with van der Waals surface area (Å²) in [5, 5.41) is 1.03. The Bertz CT molecular complexity index is 917. The van der Waals surface area contributed by atoms with Gasteiger partial charge in [-0.15, -0.1) is 0 Å². The Morgan fingerprint density at radius 1 is 0.864 bits per heavy atom. The van der Waals surface area contributed by atoms with Crippen molar-refractivity contribution >= 4 is 11.0 Å². The van der Waals surface area contributed by atoms with E-state index in [0.29, 0.717) is 0 Å². The van der Waals surface area contributed by atoms with Crippen LogP contribution in [0.25, 0.3) is 33.6 Å². The third-order valence-electron chi connectivity index (χ3n) is 3.71. The summed E-state index contributed by atoms with van der Waals surface area (Å²) < 4.78 is 17.2. The maximum Gasteiger partial charge on any atom is 0.150 e. The molecule has 0 unspecified atom stereocenters. The maximum atomic E-state index is 6.11. The van der Waals surface area contributed by atoms with E-state index in [2.05, 4.69) is 0 Å². The molecule has 0 aliphatic heterocycles. The van der Waals surface area contributed by atoms with Crippen LogP contribution in [-0.4, -0.2) is 7.11 Å². The molecule has 4 aromatic rings. The lowest BCUT2D eigenvalue weighted by molar-refractivity contribution is 0.415. The summed E-state index contributed by atoms with van der Waals surface area (Å²) in [5.41, 5.74) is 2.69. The Kier molecular flexibility index (Phi) is 2.97. The molecule has 0 radical (unpaired) electrons. The van der Waals surface area contributed by atoms with Crippen molar-refractivity contribution in [1.82, 2.24) is 0 Å². The summed E-state index contributed by atoms with van der Waals surface area (Å²) in [6.45, 7) is 0. The first-order valence-corrected chi connectivity index (χ1v) is 7.07. The molecule has 2 heterocycles. The number of methoxy groups -OCH3 is 1. The molecule has 0 atom stereocenters. The van der Waals surface area contributed by atoms with Crippen molar-refractivity contribution in [1.29, 1.82) is 0 Å². The van der Waals surface area contributed by atoms with Crippen LogP contribution in [0.4, 0.5) is 0 Å². The second kappa shape index (κ2) is 5.11. The van der Waals surface area contributed by atoms with Gasteiger partial charge in [0.15, 0.2) is 0 Å². The fourth-order valence-electron chi connectivity index (χ4n) is 2.73. The Morgan fingerprint density at radius 3 is 2.50 bits per heavy atom. The van der Waals surface area contributed by atoms with Crippen molar-refractivity contribution in [2.24, 2.45) is 0 Å². The zero-order valence-electron chi connectivity index (χ0n) is 12.1. The van der Waals surface area contributed by atoms with Gasteiger partial charge in [-0.3, -0.25) is 0 Å². The molecule has 0 fully saturated rings. The maximum absolute atomic E-state index is 6.11. The molecule has 0 amide bonds. The van der Waals surface area contributed by atoms with Crippen LogP contribution in [0.3, 0.4) is 0 Å². The van der Waals surface area contributed by atoms with Gasteiger partial charge in [-0.05, 0) is 30.3 Å². The molecule has 3 heteroatoms. The van der Waals surface area contributed by atoms with Crippen LogP contribution in [0.15, 0.2) is 75.8 Å². The smallest absolute Gasteiger partial charge is 0.150 e. The number of ether oxygens (including phenoxy) is 1. The van der Waals surface area contributed by atoms with Crippen molar-refractivity contribution in [2.45, 2.75) is 0 Å². The van der Waals surface area contributed by atoms with Crippen LogP contribution >= 0.6 is 0 Å². The fourth-order valence-corrected chi connectivity index (χ4v) is 2.73. The predicted octanol–water partition coefficient (Wildman–Crippen LogP) is 5.37. The van der Waals surface area contributed by atoms with E-state index in [1.54, 1.807) is 13.4 Å². The molecule has 0 aliphatic carbocycles. The standard InChI is InChI=1S/C19H14O3/c1-20-15-9-4-3-8-14(15)19-18(17-11-6-12-21-17)13-7-2-5-10-16(13)22-19/h2-12H,1H3. The minimum Gasteiger partial charge on any atom is -0.496 e. The number of furan rings is 2. The Morgan fingerprint density at radius 2 is 1.68 bits per heavy atom. The molecule has 22 heavy (non-hydrogen) atoms. The fraction of sp³-hybridized carbons (Fsp3) is 0.0526. The summed E-state index contributed by atoms with van der Waals surface area (Å²) in [7, 11) is 1.66. The van der Waals surface area contributed by atoms with Crippen molar-refractivity contribution < 1.29 is 13.6 Å². The van der Waals surface area contributed by atoms with E-state index in [0.717, 1.165) is 39.4 Å². The van der Waals surface area contributed by atoms with Crippen molar-refractivity contribution in [3.05, 3.63) is 66.9 Å². The Labute approximate surface area is 127 Å². The van der Waals surface area contributed by atoms with Gasteiger partial charge < -0.3 is 13.6 Å². The molecule has 0 saturated carbocycles. The number of fused-ring (bicyclic) bond motifs is 1. The van der Waals surface area contributed by atoms with E-state index in [1.165, 1.54) is 0 Å². The van der Waals surface area contributed by atoms with Crippen LogP contribution < -0.4 is 4.74 Å². The minimum absolute atomic E-state index is 0.758. The van der Waals surface area contributed by atoms with Gasteiger partial charge in [0.05, 0.1) is 24.5 Å². The SMILES string of the molecule is COc1ccccc1-c1oc2ccccc2c1-c1ccco1. The summed E-state index contributed by atoms with van der Waals surface area (Å²) in [5.74, 6) is 2.31. The molecular formula is C19H14O3. The summed E-state index contributed by atoms with van der Waals surface area (Å²) in [6.07, 6.45) is 1.67. The van der Waals surface area contributed by atoms with Crippen molar-refractivity contribution in [3.8, 4) is 28.4 Å². The van der Waals surface area contributed by atoms with Gasteiger partial charge in [0.1, 0.15) is 22.9 Å². The summed E-state index contributed by atoms with van der Waals surface area (Å²) in [6, 6.07) is 19.6. The van der Waals surface area contributed by atoms with Gasteiger partial charge in [-0.25, -0.2) is 0 Å². The largest absolute Gasteiger partial charge is 0.496 e.